The molecule has 2 rings (SSSR count). The number of amides is 7. The molecule has 0 aliphatic carbocycles. The predicted octanol–water partition coefficient (Wildman–Crippen LogP) is -1.93. The lowest BCUT2D eigenvalue weighted by Gasteiger charge is -2.28. The zero-order valence-corrected chi connectivity index (χ0v) is 35.2. The molecule has 0 aliphatic rings. The molecule has 0 bridgehead atoms. The SMILES string of the molecule is CC(=O)N[C@@H](Cc1ccccc1)C(=O)N[C@H](C(=O)N[C@@H](CC(C)C)C(=O)N[C@@H](CC(=O)O)C(=O)N[C@@H](C)C(=O)N[C@@H](CC(=O)O)C(=O)N[C@@H](Cc1ccccc1O)C(=O)O)[C@@H](C)O. The number of aliphatic hydroxyl groups excluding tert-OH is 1. The molecule has 0 radical (unpaired) electrons. The summed E-state index contributed by atoms with van der Waals surface area (Å²) in [6.45, 7) is 6.82. The second kappa shape index (κ2) is 25.0. The van der Waals surface area contributed by atoms with E-state index in [9.17, 15) is 73.5 Å². The van der Waals surface area contributed by atoms with Crippen LogP contribution in [-0.2, 0) is 60.8 Å². The maximum Gasteiger partial charge on any atom is 0.326 e. The minimum atomic E-state index is -1.88. The molecule has 0 saturated carbocycles. The molecule has 0 unspecified atom stereocenters. The number of carboxylic acids is 3. The first-order chi connectivity index (χ1) is 29.5. The van der Waals surface area contributed by atoms with Crippen molar-refractivity contribution < 1.29 is 73.5 Å². The quantitative estimate of drug-likeness (QED) is 0.0517. The fraction of sp³-hybridized carbons (Fsp3) is 0.463. The Kier molecular flexibility index (Phi) is 20.6. The summed E-state index contributed by atoms with van der Waals surface area (Å²) in [6, 6.07) is 2.92. The van der Waals surface area contributed by atoms with Crippen molar-refractivity contribution in [2.24, 2.45) is 5.92 Å². The second-order valence-corrected chi connectivity index (χ2v) is 15.1. The van der Waals surface area contributed by atoms with Crippen LogP contribution in [0.25, 0.3) is 0 Å². The van der Waals surface area contributed by atoms with Crippen LogP contribution in [0, 0.1) is 5.92 Å². The Morgan fingerprint density at radius 3 is 1.51 bits per heavy atom. The van der Waals surface area contributed by atoms with Crippen molar-refractivity contribution in [2.75, 3.05) is 0 Å². The molecule has 22 nitrogen and oxygen atoms in total. The lowest BCUT2D eigenvalue weighted by molar-refractivity contribution is -0.143. The van der Waals surface area contributed by atoms with Crippen molar-refractivity contribution in [1.29, 1.82) is 0 Å². The summed E-state index contributed by atoms with van der Waals surface area (Å²) >= 11 is 0. The van der Waals surface area contributed by atoms with Gasteiger partial charge in [0, 0.05) is 19.8 Å². The van der Waals surface area contributed by atoms with E-state index in [0.29, 0.717) is 5.56 Å². The number of benzene rings is 2. The Hall–Kier alpha value is -7.10. The number of carbonyl (C=O) groups is 10. The zero-order valence-electron chi connectivity index (χ0n) is 35.2. The van der Waals surface area contributed by atoms with Crippen molar-refractivity contribution in [3.63, 3.8) is 0 Å². The first-order valence-corrected chi connectivity index (χ1v) is 19.7. The highest BCUT2D eigenvalue weighted by atomic mass is 16.4. The van der Waals surface area contributed by atoms with Crippen molar-refractivity contribution >= 4 is 59.3 Å². The minimum Gasteiger partial charge on any atom is -0.508 e. The summed E-state index contributed by atoms with van der Waals surface area (Å²) in [6.07, 6.45) is -4.09. The summed E-state index contributed by atoms with van der Waals surface area (Å²) in [7, 11) is 0. The smallest absolute Gasteiger partial charge is 0.326 e. The van der Waals surface area contributed by atoms with Gasteiger partial charge in [-0.25, -0.2) is 4.79 Å². The summed E-state index contributed by atoms with van der Waals surface area (Å²) in [5.74, 6) is -12.4. The number of hydrogen-bond acceptors (Lipinski definition) is 12. The van der Waals surface area contributed by atoms with Gasteiger partial charge in [-0.2, -0.15) is 0 Å². The molecule has 0 aromatic heterocycles. The topological polar surface area (TPSA) is 356 Å². The predicted molar refractivity (Wildman–Crippen MR) is 220 cm³/mol. The molecule has 8 atom stereocenters. The van der Waals surface area contributed by atoms with E-state index in [0.717, 1.165) is 6.92 Å². The van der Waals surface area contributed by atoms with Gasteiger partial charge in [0.25, 0.3) is 0 Å². The minimum absolute atomic E-state index is 0.0273. The van der Waals surface area contributed by atoms with Crippen LogP contribution in [0.15, 0.2) is 54.6 Å². The molecule has 344 valence electrons. The normalized spacial score (nSPS) is 14.7. The number of aromatic hydroxyl groups is 1. The monoisotopic (exact) mass is 885 g/mol. The fourth-order valence-electron chi connectivity index (χ4n) is 6.02. The summed E-state index contributed by atoms with van der Waals surface area (Å²) < 4.78 is 0. The largest absolute Gasteiger partial charge is 0.508 e. The molecular weight excluding hydrogens is 830 g/mol. The third-order valence-electron chi connectivity index (χ3n) is 9.19. The van der Waals surface area contributed by atoms with E-state index in [1.807, 2.05) is 0 Å². The van der Waals surface area contributed by atoms with Crippen LogP contribution >= 0.6 is 0 Å². The molecule has 63 heavy (non-hydrogen) atoms. The number of phenolic OH excluding ortho intramolecular Hbond substituents is 1. The van der Waals surface area contributed by atoms with Crippen LogP contribution in [0.3, 0.4) is 0 Å². The molecule has 0 heterocycles. The van der Waals surface area contributed by atoms with E-state index in [1.165, 1.54) is 38.1 Å². The van der Waals surface area contributed by atoms with Gasteiger partial charge < -0.3 is 62.8 Å². The van der Waals surface area contributed by atoms with Crippen molar-refractivity contribution in [1.82, 2.24) is 37.2 Å². The van der Waals surface area contributed by atoms with Gasteiger partial charge in [-0.3, -0.25) is 43.2 Å². The number of aliphatic carboxylic acids is 3. The molecule has 22 heteroatoms. The van der Waals surface area contributed by atoms with Crippen LogP contribution in [-0.4, -0.2) is 133 Å². The number of rotatable bonds is 25. The molecular formula is C41H55N7O15. The molecule has 0 fully saturated rings. The van der Waals surface area contributed by atoms with Crippen LogP contribution in [0.4, 0.5) is 0 Å². The standard InChI is InChI=1S/C41H55N7O15/c1-20(2)15-26(46-40(61)34(22(4)49)48-39(60)27(43-23(5)50)16-24-11-7-6-8-12-24)37(58)45-28(18-32(52)53)36(57)42-21(3)35(56)44-29(19-33(54)55)38(59)47-30(41(62)63)17-25-13-9-10-14-31(25)51/h6-14,20-22,26-30,34,49,51H,15-19H2,1-5H3,(H,42,57)(H,43,50)(H,44,56)(H,45,58)(H,46,61)(H,47,59)(H,48,60)(H,52,53)(H,54,55)(H,62,63)/t21-,22+,26-,27-,28-,29-,30-,34-/m0/s1. The van der Waals surface area contributed by atoms with Crippen LogP contribution in [0.2, 0.25) is 0 Å². The zero-order chi connectivity index (χ0) is 47.6. The van der Waals surface area contributed by atoms with E-state index in [-0.39, 0.29) is 30.1 Å². The second-order valence-electron chi connectivity index (χ2n) is 15.1. The van der Waals surface area contributed by atoms with Gasteiger partial charge in [0.15, 0.2) is 0 Å². The maximum atomic E-state index is 13.6. The number of hydrogen-bond donors (Lipinski definition) is 12. The van der Waals surface area contributed by atoms with Gasteiger partial charge in [0.1, 0.15) is 48.0 Å². The maximum absolute atomic E-state index is 13.6. The molecule has 2 aromatic rings. The number of carbonyl (C=O) groups excluding carboxylic acids is 7. The Labute approximate surface area is 362 Å². The van der Waals surface area contributed by atoms with Crippen LogP contribution in [0.1, 0.15) is 65.0 Å². The Balaban J connectivity index is 2.22. The van der Waals surface area contributed by atoms with Gasteiger partial charge in [0.05, 0.1) is 18.9 Å². The van der Waals surface area contributed by atoms with Crippen LogP contribution < -0.4 is 37.2 Å². The van der Waals surface area contributed by atoms with E-state index in [1.54, 1.807) is 44.2 Å². The van der Waals surface area contributed by atoms with Gasteiger partial charge in [-0.1, -0.05) is 62.4 Å². The lowest BCUT2D eigenvalue weighted by Crippen LogP contribution is -2.61. The summed E-state index contributed by atoms with van der Waals surface area (Å²) in [5.41, 5.74) is 0.814. The van der Waals surface area contributed by atoms with Gasteiger partial charge in [-0.15, -0.1) is 0 Å². The highest BCUT2D eigenvalue weighted by molar-refractivity contribution is 5.98. The highest BCUT2D eigenvalue weighted by Gasteiger charge is 2.36. The fourth-order valence-corrected chi connectivity index (χ4v) is 6.02. The molecule has 0 spiro atoms. The number of phenols is 1. The van der Waals surface area contributed by atoms with Crippen molar-refractivity contribution in [2.45, 2.75) is 115 Å². The van der Waals surface area contributed by atoms with Gasteiger partial charge in [0.2, 0.25) is 41.4 Å². The van der Waals surface area contributed by atoms with Crippen LogP contribution in [0.5, 0.6) is 5.75 Å². The van der Waals surface area contributed by atoms with E-state index < -0.39 is 127 Å². The Bertz CT molecular complexity index is 1980. The average Bonchev–Trinajstić information content (AvgIpc) is 3.18. The summed E-state index contributed by atoms with van der Waals surface area (Å²) in [5, 5.41) is 65.2. The highest BCUT2D eigenvalue weighted by Crippen LogP contribution is 2.18. The molecule has 0 saturated heterocycles. The van der Waals surface area contributed by atoms with Crippen molar-refractivity contribution in [3.8, 4) is 5.75 Å². The molecule has 7 amide bonds. The molecule has 0 aliphatic heterocycles. The molecule has 12 N–H and O–H groups in total. The average molecular weight is 886 g/mol. The van der Waals surface area contributed by atoms with Gasteiger partial charge in [-0.05, 0) is 43.4 Å². The Morgan fingerprint density at radius 1 is 0.524 bits per heavy atom. The first kappa shape index (κ1) is 52.0. The van der Waals surface area contributed by atoms with Gasteiger partial charge >= 0.3 is 17.9 Å². The van der Waals surface area contributed by atoms with E-state index in [2.05, 4.69) is 37.2 Å². The van der Waals surface area contributed by atoms with E-state index in [4.69, 9.17) is 0 Å². The number of nitrogens with one attached hydrogen (secondary N) is 7. The number of aliphatic hydroxyl groups is 1. The summed E-state index contributed by atoms with van der Waals surface area (Å²) in [4.78, 5) is 127. The first-order valence-electron chi connectivity index (χ1n) is 19.7. The third-order valence-corrected chi connectivity index (χ3v) is 9.19. The third kappa shape index (κ3) is 18.2. The Morgan fingerprint density at radius 2 is 1.00 bits per heavy atom. The number of carboxylic acid groups (broad SMARTS) is 3. The van der Waals surface area contributed by atoms with E-state index >= 15 is 0 Å². The number of para-hydroxylation sites is 1. The lowest BCUT2D eigenvalue weighted by atomic mass is 10.0. The molecule has 2 aromatic carbocycles. The van der Waals surface area contributed by atoms with Crippen molar-refractivity contribution in [3.05, 3.63) is 65.7 Å².